The van der Waals surface area contributed by atoms with Crippen LogP contribution >= 0.6 is 7.37 Å². The van der Waals surface area contributed by atoms with Crippen LogP contribution in [0.5, 0.6) is 0 Å². The van der Waals surface area contributed by atoms with E-state index in [4.69, 9.17) is 4.52 Å². The van der Waals surface area contributed by atoms with Crippen LogP contribution in [-0.4, -0.2) is 19.4 Å². The minimum Gasteiger partial charge on any atom is -0.331 e. The fourth-order valence-corrected chi connectivity index (χ4v) is 2.83. The number of hydrogen-bond donors (Lipinski definition) is 0. The Kier molecular flexibility index (Phi) is 1.78. The van der Waals surface area contributed by atoms with E-state index >= 15 is 0 Å². The Morgan fingerprint density at radius 1 is 1.78 bits per heavy atom. The monoisotopic (exact) mass is 146 g/mol. The molecule has 1 heterocycles. The summed E-state index contributed by atoms with van der Waals surface area (Å²) in [7, 11) is -0.679. The van der Waals surface area contributed by atoms with Crippen molar-refractivity contribution < 1.29 is 9.09 Å². The summed E-state index contributed by atoms with van der Waals surface area (Å²) in [6.45, 7) is 1.98. The Bertz CT molecular complexity index is 183. The molecule has 0 amide bonds. The third-order valence-electron chi connectivity index (χ3n) is 1.54. The number of allylic oxidation sites excluding steroid dienone is 2. The molecule has 0 fully saturated rings. The maximum atomic E-state index is 11.3. The third kappa shape index (κ3) is 1.44. The molecule has 0 radical (unpaired) electrons. The topological polar surface area (TPSA) is 26.3 Å². The van der Waals surface area contributed by atoms with Gasteiger partial charge in [-0.1, -0.05) is 11.6 Å². The molecule has 0 aromatic heterocycles. The zero-order valence-corrected chi connectivity index (χ0v) is 6.65. The molecule has 0 bridgehead atoms. The van der Waals surface area contributed by atoms with Crippen molar-refractivity contribution in [2.75, 3.05) is 19.4 Å². The van der Waals surface area contributed by atoms with Crippen LogP contribution in [0.3, 0.4) is 0 Å². The van der Waals surface area contributed by atoms with Crippen LogP contribution < -0.4 is 0 Å². The van der Waals surface area contributed by atoms with Gasteiger partial charge in [0.1, 0.15) is 0 Å². The standard InChI is InChI=1S/C6H11O2P/c1-6-3-4-9(7,5-6)8-2/h3H,4-5H2,1-2H3. The fourth-order valence-electron chi connectivity index (χ4n) is 0.943. The van der Waals surface area contributed by atoms with Gasteiger partial charge >= 0.3 is 0 Å². The molecular formula is C6H11O2P. The van der Waals surface area contributed by atoms with Gasteiger partial charge in [-0.15, -0.1) is 0 Å². The molecule has 1 aliphatic heterocycles. The van der Waals surface area contributed by atoms with Gasteiger partial charge in [0, 0.05) is 19.4 Å². The lowest BCUT2D eigenvalue weighted by atomic mass is 10.3. The minimum absolute atomic E-state index is 0.634. The Balaban J connectivity index is 2.64. The van der Waals surface area contributed by atoms with Crippen molar-refractivity contribution in [1.82, 2.24) is 0 Å². The maximum absolute atomic E-state index is 11.3. The minimum atomic E-state index is -2.20. The van der Waals surface area contributed by atoms with Crippen LogP contribution in [0.2, 0.25) is 0 Å². The first-order valence-corrected chi connectivity index (χ1v) is 4.95. The van der Waals surface area contributed by atoms with Crippen molar-refractivity contribution in [3.63, 3.8) is 0 Å². The molecule has 0 aliphatic carbocycles. The van der Waals surface area contributed by atoms with E-state index in [9.17, 15) is 4.57 Å². The molecule has 0 N–H and O–H groups in total. The van der Waals surface area contributed by atoms with Crippen molar-refractivity contribution >= 4 is 7.37 Å². The van der Waals surface area contributed by atoms with Gasteiger partial charge in [-0.2, -0.15) is 0 Å². The van der Waals surface area contributed by atoms with E-state index in [1.807, 2.05) is 13.0 Å². The van der Waals surface area contributed by atoms with E-state index in [1.54, 1.807) is 0 Å². The van der Waals surface area contributed by atoms with E-state index in [2.05, 4.69) is 0 Å². The Labute approximate surface area is 55.4 Å². The van der Waals surface area contributed by atoms with Crippen LogP contribution in [0.1, 0.15) is 6.92 Å². The summed E-state index contributed by atoms with van der Waals surface area (Å²) in [4.78, 5) is 0. The predicted octanol–water partition coefficient (Wildman–Crippen LogP) is 1.87. The van der Waals surface area contributed by atoms with E-state index in [0.29, 0.717) is 12.3 Å². The maximum Gasteiger partial charge on any atom is 0.210 e. The summed E-state index contributed by atoms with van der Waals surface area (Å²) in [6.07, 6.45) is 3.28. The first-order valence-electron chi connectivity index (χ1n) is 2.96. The molecule has 0 saturated heterocycles. The van der Waals surface area contributed by atoms with E-state index in [0.717, 1.165) is 0 Å². The third-order valence-corrected chi connectivity index (χ3v) is 3.93. The highest BCUT2D eigenvalue weighted by atomic mass is 31.2. The molecule has 1 rings (SSSR count). The van der Waals surface area contributed by atoms with Crippen molar-refractivity contribution in [1.29, 1.82) is 0 Å². The predicted molar refractivity (Wildman–Crippen MR) is 38.1 cm³/mol. The van der Waals surface area contributed by atoms with E-state index in [-0.39, 0.29) is 0 Å². The Hall–Kier alpha value is -0.0700. The molecule has 2 nitrogen and oxygen atoms in total. The highest BCUT2D eigenvalue weighted by Crippen LogP contribution is 2.51. The second kappa shape index (κ2) is 2.28. The molecule has 0 spiro atoms. The Morgan fingerprint density at radius 2 is 2.44 bits per heavy atom. The van der Waals surface area contributed by atoms with Gasteiger partial charge in [0.2, 0.25) is 7.37 Å². The zero-order chi connectivity index (χ0) is 6.91. The van der Waals surface area contributed by atoms with Crippen molar-refractivity contribution in [2.24, 2.45) is 0 Å². The average molecular weight is 146 g/mol. The van der Waals surface area contributed by atoms with Crippen LogP contribution in [0, 0.1) is 0 Å². The second-order valence-corrected chi connectivity index (χ2v) is 5.06. The fraction of sp³-hybridized carbons (Fsp3) is 0.667. The molecule has 9 heavy (non-hydrogen) atoms. The second-order valence-electron chi connectivity index (χ2n) is 2.39. The van der Waals surface area contributed by atoms with Gasteiger partial charge in [-0.05, 0) is 6.92 Å². The lowest BCUT2D eigenvalue weighted by Crippen LogP contribution is -1.87. The molecule has 1 aliphatic rings. The van der Waals surface area contributed by atoms with Gasteiger partial charge < -0.3 is 4.52 Å². The van der Waals surface area contributed by atoms with Crippen molar-refractivity contribution in [3.05, 3.63) is 11.6 Å². The van der Waals surface area contributed by atoms with Gasteiger partial charge in [-0.25, -0.2) is 0 Å². The summed E-state index contributed by atoms with van der Waals surface area (Å²) in [5.41, 5.74) is 1.19. The van der Waals surface area contributed by atoms with Crippen molar-refractivity contribution in [3.8, 4) is 0 Å². The molecule has 0 aromatic rings. The Morgan fingerprint density at radius 3 is 2.67 bits per heavy atom. The first kappa shape index (κ1) is 7.04. The SMILES string of the molecule is COP1(=O)CC=C(C)C1. The van der Waals surface area contributed by atoms with Gasteiger partial charge in [0.25, 0.3) is 0 Å². The lowest BCUT2D eigenvalue weighted by Gasteiger charge is -2.06. The summed E-state index contributed by atoms with van der Waals surface area (Å²) in [5, 5.41) is 0. The first-order chi connectivity index (χ1) is 4.16. The highest BCUT2D eigenvalue weighted by Gasteiger charge is 2.25. The number of hydrogen-bond acceptors (Lipinski definition) is 2. The number of rotatable bonds is 1. The molecule has 0 saturated carbocycles. The van der Waals surface area contributed by atoms with Crippen LogP contribution in [-0.2, 0) is 9.09 Å². The van der Waals surface area contributed by atoms with Gasteiger partial charge in [0.15, 0.2) is 0 Å². The van der Waals surface area contributed by atoms with Gasteiger partial charge in [-0.3, -0.25) is 4.57 Å². The van der Waals surface area contributed by atoms with E-state index in [1.165, 1.54) is 12.7 Å². The summed E-state index contributed by atoms with van der Waals surface area (Å²) in [6, 6.07) is 0. The quantitative estimate of drug-likeness (QED) is 0.417. The molecule has 1 unspecified atom stereocenters. The van der Waals surface area contributed by atoms with Crippen LogP contribution in [0.15, 0.2) is 11.6 Å². The normalized spacial score (nSPS) is 34.7. The summed E-state index contributed by atoms with van der Waals surface area (Å²) >= 11 is 0. The lowest BCUT2D eigenvalue weighted by molar-refractivity contribution is 0.399. The zero-order valence-electron chi connectivity index (χ0n) is 5.76. The van der Waals surface area contributed by atoms with E-state index < -0.39 is 7.37 Å². The smallest absolute Gasteiger partial charge is 0.210 e. The molecule has 1 atom stereocenters. The highest BCUT2D eigenvalue weighted by molar-refractivity contribution is 7.59. The molecular weight excluding hydrogens is 135 g/mol. The van der Waals surface area contributed by atoms with Gasteiger partial charge in [0.05, 0.1) is 0 Å². The molecule has 3 heteroatoms. The summed E-state index contributed by atoms with van der Waals surface area (Å²) < 4.78 is 16.2. The summed E-state index contributed by atoms with van der Waals surface area (Å²) in [5.74, 6) is 0. The average Bonchev–Trinajstić information content (AvgIpc) is 2.13. The largest absolute Gasteiger partial charge is 0.331 e. The van der Waals surface area contributed by atoms with Crippen LogP contribution in [0.25, 0.3) is 0 Å². The van der Waals surface area contributed by atoms with Crippen molar-refractivity contribution in [2.45, 2.75) is 6.92 Å². The molecule has 0 aromatic carbocycles. The van der Waals surface area contributed by atoms with Crippen LogP contribution in [0.4, 0.5) is 0 Å². The molecule has 52 valence electrons.